The summed E-state index contributed by atoms with van der Waals surface area (Å²) in [4.78, 5) is 32.4. The van der Waals surface area contributed by atoms with Crippen molar-refractivity contribution >= 4 is 17.5 Å². The van der Waals surface area contributed by atoms with Crippen LogP contribution in [-0.4, -0.2) is 90.1 Å². The summed E-state index contributed by atoms with van der Waals surface area (Å²) in [7, 11) is 0. The number of aliphatic hydroxyl groups excluding tert-OH is 1. The van der Waals surface area contributed by atoms with Crippen LogP contribution in [0.25, 0.3) is 0 Å². The highest BCUT2D eigenvalue weighted by Crippen LogP contribution is 2.29. The largest absolute Gasteiger partial charge is 0.390 e. The highest BCUT2D eigenvalue weighted by atomic mass is 19.1. The smallest absolute Gasteiger partial charge is 0.257 e. The number of carbonyl (C=O) groups is 2. The van der Waals surface area contributed by atoms with Crippen LogP contribution in [0.3, 0.4) is 0 Å². The van der Waals surface area contributed by atoms with Crippen LogP contribution in [0.15, 0.2) is 36.4 Å². The van der Waals surface area contributed by atoms with Crippen molar-refractivity contribution in [2.75, 3.05) is 57.3 Å². The van der Waals surface area contributed by atoms with Gasteiger partial charge in [0, 0.05) is 71.5 Å². The van der Waals surface area contributed by atoms with Crippen LogP contribution in [-0.2, 0) is 24.2 Å². The number of fused-ring (bicyclic) bond motifs is 2. The van der Waals surface area contributed by atoms with Crippen LogP contribution in [0.4, 0.5) is 10.1 Å². The van der Waals surface area contributed by atoms with Crippen LogP contribution in [0.5, 0.6) is 0 Å². The van der Waals surface area contributed by atoms with E-state index in [9.17, 15) is 14.7 Å². The third kappa shape index (κ3) is 5.04. The molecule has 8 heteroatoms. The molecule has 2 amide bonds. The second kappa shape index (κ2) is 9.95. The summed E-state index contributed by atoms with van der Waals surface area (Å²) in [6.45, 7) is 6.90. The molecule has 0 saturated carbocycles. The molecule has 0 radical (unpaired) electrons. The number of rotatable bonds is 5. The normalized spacial score (nSPS) is 19.4. The molecule has 1 atom stereocenters. The highest BCUT2D eigenvalue weighted by Gasteiger charge is 2.31. The van der Waals surface area contributed by atoms with E-state index in [1.165, 1.54) is 17.2 Å². The molecule has 1 unspecified atom stereocenters. The van der Waals surface area contributed by atoms with Gasteiger partial charge in [-0.25, -0.2) is 4.39 Å². The van der Waals surface area contributed by atoms with Gasteiger partial charge in [-0.15, -0.1) is 0 Å². The van der Waals surface area contributed by atoms with Crippen molar-refractivity contribution in [1.82, 2.24) is 14.7 Å². The standard InChI is InChI=1S/C27H33FN4O3/c1-19(33)30-10-12-31(13-11-30)23-14-21-7-9-32(27(35)26(21)25(28)15-23)18-24(34)17-29-8-6-20-4-2-3-5-22(20)16-29/h2-5,14-15,24,34H,6-13,16-18H2,1H3. The first-order valence-electron chi connectivity index (χ1n) is 12.5. The third-order valence-corrected chi connectivity index (χ3v) is 7.51. The van der Waals surface area contributed by atoms with Gasteiger partial charge in [0.2, 0.25) is 5.91 Å². The number of aliphatic hydroxyl groups is 1. The van der Waals surface area contributed by atoms with Gasteiger partial charge in [-0.1, -0.05) is 24.3 Å². The molecular weight excluding hydrogens is 447 g/mol. The Bertz CT molecular complexity index is 1120. The zero-order valence-electron chi connectivity index (χ0n) is 20.3. The molecule has 2 aromatic rings. The van der Waals surface area contributed by atoms with E-state index in [1.807, 2.05) is 12.1 Å². The lowest BCUT2D eigenvalue weighted by Gasteiger charge is -2.37. The van der Waals surface area contributed by atoms with Crippen molar-refractivity contribution in [3.63, 3.8) is 0 Å². The fraction of sp³-hybridized carbons (Fsp3) is 0.481. The predicted octanol–water partition coefficient (Wildman–Crippen LogP) is 1.91. The predicted molar refractivity (Wildman–Crippen MR) is 132 cm³/mol. The van der Waals surface area contributed by atoms with E-state index in [0.717, 1.165) is 30.8 Å². The minimum atomic E-state index is -0.689. The summed E-state index contributed by atoms with van der Waals surface area (Å²) < 4.78 is 15.2. The molecule has 1 saturated heterocycles. The Morgan fingerprint density at radius 2 is 1.69 bits per heavy atom. The average Bonchev–Trinajstić information content (AvgIpc) is 2.85. The van der Waals surface area contributed by atoms with Gasteiger partial charge >= 0.3 is 0 Å². The molecule has 7 nitrogen and oxygen atoms in total. The number of β-amino-alcohol motifs (C(OH)–C–C–N with tert-alkyl or cyclic N) is 1. The molecule has 3 heterocycles. The first-order valence-corrected chi connectivity index (χ1v) is 12.5. The van der Waals surface area contributed by atoms with Crippen molar-refractivity contribution in [1.29, 1.82) is 0 Å². The number of halogens is 1. The van der Waals surface area contributed by atoms with Gasteiger partial charge in [-0.3, -0.25) is 14.5 Å². The molecule has 3 aliphatic heterocycles. The molecule has 0 aromatic heterocycles. The molecule has 35 heavy (non-hydrogen) atoms. The second-order valence-electron chi connectivity index (χ2n) is 9.86. The number of carbonyl (C=O) groups excluding carboxylic acids is 2. The second-order valence-corrected chi connectivity index (χ2v) is 9.86. The lowest BCUT2D eigenvalue weighted by Crippen LogP contribution is -2.48. The number of amides is 2. The van der Waals surface area contributed by atoms with E-state index in [-0.39, 0.29) is 23.9 Å². The van der Waals surface area contributed by atoms with Crippen LogP contribution in [0.1, 0.15) is 34.0 Å². The maximum Gasteiger partial charge on any atom is 0.257 e. The number of piperazine rings is 1. The topological polar surface area (TPSA) is 67.3 Å². The number of nitrogens with zero attached hydrogens (tertiary/aromatic N) is 4. The quantitative estimate of drug-likeness (QED) is 0.708. The van der Waals surface area contributed by atoms with Crippen molar-refractivity contribution in [3.05, 3.63) is 64.5 Å². The van der Waals surface area contributed by atoms with E-state index < -0.39 is 11.9 Å². The van der Waals surface area contributed by atoms with Gasteiger partial charge in [0.25, 0.3) is 5.91 Å². The molecule has 5 rings (SSSR count). The van der Waals surface area contributed by atoms with Crippen molar-refractivity contribution in [3.8, 4) is 0 Å². The van der Waals surface area contributed by atoms with Gasteiger partial charge in [0.05, 0.1) is 11.7 Å². The minimum absolute atomic E-state index is 0.0549. The third-order valence-electron chi connectivity index (χ3n) is 7.51. The van der Waals surface area contributed by atoms with Gasteiger partial charge < -0.3 is 19.8 Å². The average molecular weight is 481 g/mol. The fourth-order valence-electron chi connectivity index (χ4n) is 5.56. The maximum atomic E-state index is 15.2. The Labute approximate surface area is 205 Å². The molecular formula is C27H33FN4O3. The van der Waals surface area contributed by atoms with Crippen LogP contribution < -0.4 is 4.90 Å². The van der Waals surface area contributed by atoms with E-state index in [1.54, 1.807) is 16.7 Å². The summed E-state index contributed by atoms with van der Waals surface area (Å²) in [5.74, 6) is -0.803. The van der Waals surface area contributed by atoms with Gasteiger partial charge in [-0.2, -0.15) is 0 Å². The zero-order chi connectivity index (χ0) is 24.5. The Morgan fingerprint density at radius 3 is 2.43 bits per heavy atom. The molecule has 0 spiro atoms. The van der Waals surface area contributed by atoms with Crippen molar-refractivity contribution in [2.45, 2.75) is 32.4 Å². The molecule has 0 aliphatic carbocycles. The first-order chi connectivity index (χ1) is 16.9. The summed E-state index contributed by atoms with van der Waals surface area (Å²) in [5, 5.41) is 10.7. The SMILES string of the molecule is CC(=O)N1CCN(c2cc(F)c3c(c2)CCN(CC(O)CN2CCc4ccccc4C2)C3=O)CC1. The van der Waals surface area contributed by atoms with E-state index >= 15 is 4.39 Å². The summed E-state index contributed by atoms with van der Waals surface area (Å²) in [6, 6.07) is 11.7. The minimum Gasteiger partial charge on any atom is -0.390 e. The van der Waals surface area contributed by atoms with Gasteiger partial charge in [-0.05, 0) is 41.7 Å². The van der Waals surface area contributed by atoms with E-state index in [2.05, 4.69) is 28.0 Å². The number of hydrogen-bond acceptors (Lipinski definition) is 5. The zero-order valence-corrected chi connectivity index (χ0v) is 20.3. The van der Waals surface area contributed by atoms with E-state index in [4.69, 9.17) is 0 Å². The fourth-order valence-corrected chi connectivity index (χ4v) is 5.56. The van der Waals surface area contributed by atoms with Crippen molar-refractivity contribution in [2.24, 2.45) is 0 Å². The van der Waals surface area contributed by atoms with Crippen LogP contribution in [0.2, 0.25) is 0 Å². The molecule has 1 fully saturated rings. The Balaban J connectivity index is 1.21. The molecule has 0 bridgehead atoms. The Hall–Kier alpha value is -2.97. The maximum absolute atomic E-state index is 15.2. The van der Waals surface area contributed by atoms with Crippen molar-refractivity contribution < 1.29 is 19.1 Å². The lowest BCUT2D eigenvalue weighted by molar-refractivity contribution is -0.129. The van der Waals surface area contributed by atoms with Gasteiger partial charge in [0.15, 0.2) is 0 Å². The molecule has 186 valence electrons. The Morgan fingerprint density at radius 1 is 0.971 bits per heavy atom. The first kappa shape index (κ1) is 23.8. The highest BCUT2D eigenvalue weighted by molar-refractivity contribution is 5.97. The summed E-state index contributed by atoms with van der Waals surface area (Å²) in [5.41, 5.74) is 4.25. The summed E-state index contributed by atoms with van der Waals surface area (Å²) in [6.07, 6.45) is 0.824. The number of anilines is 1. The van der Waals surface area contributed by atoms with E-state index in [0.29, 0.717) is 45.7 Å². The molecule has 2 aromatic carbocycles. The monoisotopic (exact) mass is 480 g/mol. The van der Waals surface area contributed by atoms with Crippen LogP contribution in [0, 0.1) is 5.82 Å². The lowest BCUT2D eigenvalue weighted by atomic mass is 9.96. The number of benzene rings is 2. The van der Waals surface area contributed by atoms with Gasteiger partial charge in [0.1, 0.15) is 5.82 Å². The number of hydrogen-bond donors (Lipinski definition) is 1. The Kier molecular flexibility index (Phi) is 6.75. The molecule has 3 aliphatic rings. The summed E-state index contributed by atoms with van der Waals surface area (Å²) >= 11 is 0. The van der Waals surface area contributed by atoms with Crippen LogP contribution >= 0.6 is 0 Å². The molecule has 1 N–H and O–H groups in total.